The van der Waals surface area contributed by atoms with Crippen molar-refractivity contribution in [3.8, 4) is 0 Å². The molecule has 0 aliphatic carbocycles. The molecule has 1 aromatic carbocycles. The highest BCUT2D eigenvalue weighted by Gasteiger charge is 2.21. The fourth-order valence-corrected chi connectivity index (χ4v) is 1.39. The van der Waals surface area contributed by atoms with Crippen molar-refractivity contribution >= 4 is 5.97 Å². The lowest BCUT2D eigenvalue weighted by atomic mass is 10.1. The molecule has 16 heavy (non-hydrogen) atoms. The van der Waals surface area contributed by atoms with E-state index in [4.69, 9.17) is 4.74 Å². The molecule has 1 aromatic rings. The van der Waals surface area contributed by atoms with Crippen LogP contribution in [0.3, 0.4) is 0 Å². The maximum atomic E-state index is 11.8. The Labute approximate surface area is 96.2 Å². The highest BCUT2D eigenvalue weighted by Crippen LogP contribution is 2.14. The van der Waals surface area contributed by atoms with Gasteiger partial charge in [-0.1, -0.05) is 30.3 Å². The summed E-state index contributed by atoms with van der Waals surface area (Å²) in [5, 5.41) is 1.74. The molecule has 0 fully saturated rings. The smallest absolute Gasteiger partial charge is 0.329 e. The van der Waals surface area contributed by atoms with Crippen molar-refractivity contribution < 1.29 is 9.53 Å². The Morgan fingerprint density at radius 2 is 2.00 bits per heavy atom. The summed E-state index contributed by atoms with van der Waals surface area (Å²) in [6, 6.07) is 9.08. The molecule has 0 aromatic heterocycles. The van der Waals surface area contributed by atoms with Crippen molar-refractivity contribution in [3.63, 3.8) is 0 Å². The van der Waals surface area contributed by atoms with Gasteiger partial charge in [-0.25, -0.2) is 15.2 Å². The molecule has 0 heterocycles. The average Bonchev–Trinajstić information content (AvgIpc) is 2.27. The van der Waals surface area contributed by atoms with Crippen LogP contribution in [-0.2, 0) is 9.53 Å². The topological polar surface area (TPSA) is 41.6 Å². The van der Waals surface area contributed by atoms with Crippen molar-refractivity contribution in [2.75, 3.05) is 20.7 Å². The Morgan fingerprint density at radius 1 is 1.38 bits per heavy atom. The lowest BCUT2D eigenvalue weighted by molar-refractivity contribution is -0.147. The second-order valence-corrected chi connectivity index (χ2v) is 3.62. The standard InChI is InChI=1S/C12H18N2O2/c1-4-16-12(15)11(13-14(2)3)10-8-6-5-7-9-10/h5-9,11,13H,4H2,1-3H3. The Hall–Kier alpha value is -1.39. The predicted octanol–water partition coefficient (Wildman–Crippen LogP) is 1.36. The normalized spacial score (nSPS) is 12.5. The van der Waals surface area contributed by atoms with E-state index < -0.39 is 6.04 Å². The van der Waals surface area contributed by atoms with Crippen molar-refractivity contribution in [3.05, 3.63) is 35.9 Å². The van der Waals surface area contributed by atoms with E-state index in [0.29, 0.717) is 6.61 Å². The van der Waals surface area contributed by atoms with Crippen LogP contribution in [0.4, 0.5) is 0 Å². The number of esters is 1. The first-order chi connectivity index (χ1) is 7.65. The van der Waals surface area contributed by atoms with Crippen LogP contribution in [0, 0.1) is 0 Å². The van der Waals surface area contributed by atoms with Crippen molar-refractivity contribution in [2.24, 2.45) is 0 Å². The van der Waals surface area contributed by atoms with Gasteiger partial charge in [-0.3, -0.25) is 0 Å². The molecule has 0 aliphatic heterocycles. The lowest BCUT2D eigenvalue weighted by Gasteiger charge is -2.21. The van der Waals surface area contributed by atoms with Gasteiger partial charge in [0.15, 0.2) is 0 Å². The molecule has 1 N–H and O–H groups in total. The monoisotopic (exact) mass is 222 g/mol. The van der Waals surface area contributed by atoms with Gasteiger partial charge in [0.2, 0.25) is 0 Å². The van der Waals surface area contributed by atoms with Gasteiger partial charge >= 0.3 is 5.97 Å². The van der Waals surface area contributed by atoms with Gasteiger partial charge in [0.05, 0.1) is 6.61 Å². The van der Waals surface area contributed by atoms with E-state index in [9.17, 15) is 4.79 Å². The number of nitrogens with zero attached hydrogens (tertiary/aromatic N) is 1. The number of ether oxygens (including phenoxy) is 1. The molecular formula is C12H18N2O2. The van der Waals surface area contributed by atoms with E-state index >= 15 is 0 Å². The van der Waals surface area contributed by atoms with E-state index in [1.165, 1.54) is 0 Å². The number of hydrogen-bond acceptors (Lipinski definition) is 4. The highest BCUT2D eigenvalue weighted by molar-refractivity contribution is 5.77. The first-order valence-corrected chi connectivity index (χ1v) is 5.30. The summed E-state index contributed by atoms with van der Waals surface area (Å²) in [6.45, 7) is 2.19. The molecule has 0 amide bonds. The van der Waals surface area contributed by atoms with E-state index in [0.717, 1.165) is 5.56 Å². The fraction of sp³-hybridized carbons (Fsp3) is 0.417. The molecule has 0 spiro atoms. The Morgan fingerprint density at radius 3 is 2.50 bits per heavy atom. The van der Waals surface area contributed by atoms with Crippen LogP contribution in [0.2, 0.25) is 0 Å². The summed E-state index contributed by atoms with van der Waals surface area (Å²) in [7, 11) is 3.68. The van der Waals surface area contributed by atoms with Gasteiger partial charge < -0.3 is 4.74 Å². The minimum atomic E-state index is -0.448. The van der Waals surface area contributed by atoms with Crippen molar-refractivity contribution in [1.29, 1.82) is 0 Å². The molecule has 1 unspecified atom stereocenters. The number of hydrazine groups is 1. The lowest BCUT2D eigenvalue weighted by Crippen LogP contribution is -2.39. The number of carbonyl (C=O) groups excluding carboxylic acids is 1. The Kier molecular flexibility index (Phi) is 4.95. The van der Waals surface area contributed by atoms with Crippen LogP contribution in [0.1, 0.15) is 18.5 Å². The zero-order chi connectivity index (χ0) is 12.0. The molecule has 0 saturated carbocycles. The molecule has 0 aliphatic rings. The molecular weight excluding hydrogens is 204 g/mol. The summed E-state index contributed by atoms with van der Waals surface area (Å²) in [6.07, 6.45) is 0. The summed E-state index contributed by atoms with van der Waals surface area (Å²) in [5.41, 5.74) is 3.94. The summed E-state index contributed by atoms with van der Waals surface area (Å²) >= 11 is 0. The molecule has 1 rings (SSSR count). The minimum absolute atomic E-state index is 0.262. The third-order valence-corrected chi connectivity index (χ3v) is 2.04. The quantitative estimate of drug-likeness (QED) is 0.603. The summed E-state index contributed by atoms with van der Waals surface area (Å²) < 4.78 is 5.03. The molecule has 1 atom stereocenters. The van der Waals surface area contributed by atoms with Crippen LogP contribution in [0.25, 0.3) is 0 Å². The molecule has 4 heteroatoms. The van der Waals surface area contributed by atoms with Gasteiger partial charge in [-0.2, -0.15) is 0 Å². The zero-order valence-corrected chi connectivity index (χ0v) is 9.93. The van der Waals surface area contributed by atoms with Gasteiger partial charge in [0.1, 0.15) is 6.04 Å². The van der Waals surface area contributed by atoms with Gasteiger partial charge in [0.25, 0.3) is 0 Å². The first-order valence-electron chi connectivity index (χ1n) is 5.30. The zero-order valence-electron chi connectivity index (χ0n) is 9.93. The number of rotatable bonds is 5. The van der Waals surface area contributed by atoms with Crippen LogP contribution in [-0.4, -0.2) is 31.7 Å². The third-order valence-electron chi connectivity index (χ3n) is 2.04. The fourth-order valence-electron chi connectivity index (χ4n) is 1.39. The maximum Gasteiger partial charge on any atom is 0.329 e. The summed E-state index contributed by atoms with van der Waals surface area (Å²) in [4.78, 5) is 11.8. The summed E-state index contributed by atoms with van der Waals surface area (Å²) in [5.74, 6) is -0.262. The molecule has 88 valence electrons. The highest BCUT2D eigenvalue weighted by atomic mass is 16.5. The van der Waals surface area contributed by atoms with Crippen LogP contribution >= 0.6 is 0 Å². The van der Waals surface area contributed by atoms with E-state index in [-0.39, 0.29) is 5.97 Å². The van der Waals surface area contributed by atoms with Crippen LogP contribution < -0.4 is 5.43 Å². The second-order valence-electron chi connectivity index (χ2n) is 3.62. The first kappa shape index (κ1) is 12.7. The SMILES string of the molecule is CCOC(=O)C(NN(C)C)c1ccccc1. The van der Waals surface area contributed by atoms with Gasteiger partial charge in [0, 0.05) is 14.1 Å². The predicted molar refractivity (Wildman–Crippen MR) is 62.6 cm³/mol. The molecule has 0 saturated heterocycles. The Bertz CT molecular complexity index is 325. The van der Waals surface area contributed by atoms with Gasteiger partial charge in [-0.15, -0.1) is 0 Å². The van der Waals surface area contributed by atoms with Crippen molar-refractivity contribution in [1.82, 2.24) is 10.4 Å². The average molecular weight is 222 g/mol. The number of nitrogens with one attached hydrogen (secondary N) is 1. The van der Waals surface area contributed by atoms with Crippen molar-refractivity contribution in [2.45, 2.75) is 13.0 Å². The third kappa shape index (κ3) is 3.64. The molecule has 0 radical (unpaired) electrons. The largest absolute Gasteiger partial charge is 0.465 e. The van der Waals surface area contributed by atoms with Crippen LogP contribution in [0.15, 0.2) is 30.3 Å². The second kappa shape index (κ2) is 6.25. The number of hydrogen-bond donors (Lipinski definition) is 1. The molecule has 4 nitrogen and oxygen atoms in total. The van der Waals surface area contributed by atoms with Crippen LogP contribution in [0.5, 0.6) is 0 Å². The Balaban J connectivity index is 2.83. The van der Waals surface area contributed by atoms with E-state index in [1.807, 2.05) is 44.4 Å². The van der Waals surface area contributed by atoms with Gasteiger partial charge in [-0.05, 0) is 12.5 Å². The maximum absolute atomic E-state index is 11.8. The number of carbonyl (C=O) groups is 1. The minimum Gasteiger partial charge on any atom is -0.465 e. The van der Waals surface area contributed by atoms with E-state index in [2.05, 4.69) is 5.43 Å². The van der Waals surface area contributed by atoms with E-state index in [1.54, 1.807) is 11.9 Å². The number of benzene rings is 1. The molecule has 0 bridgehead atoms.